The number of benzene rings is 1. The first kappa shape index (κ1) is 17.2. The van der Waals surface area contributed by atoms with Crippen LogP contribution in [0.4, 0.5) is 5.69 Å². The van der Waals surface area contributed by atoms with Gasteiger partial charge in [-0.05, 0) is 31.4 Å². The summed E-state index contributed by atoms with van der Waals surface area (Å²) >= 11 is 0. The van der Waals surface area contributed by atoms with Gasteiger partial charge in [-0.15, -0.1) is 6.58 Å². The van der Waals surface area contributed by atoms with E-state index in [0.717, 1.165) is 44.4 Å². The Balaban J connectivity index is 1.89. The van der Waals surface area contributed by atoms with Gasteiger partial charge in [0.2, 0.25) is 0 Å². The summed E-state index contributed by atoms with van der Waals surface area (Å²) in [6, 6.07) is 8.27. The summed E-state index contributed by atoms with van der Waals surface area (Å²) in [5.74, 6) is 2.36. The van der Waals surface area contributed by atoms with Gasteiger partial charge in [-0.25, -0.2) is 0 Å². The minimum Gasteiger partial charge on any atom is -0.497 e. The van der Waals surface area contributed by atoms with Gasteiger partial charge in [0.15, 0.2) is 5.96 Å². The molecule has 0 aliphatic carbocycles. The van der Waals surface area contributed by atoms with Crippen LogP contribution in [0.1, 0.15) is 13.3 Å². The van der Waals surface area contributed by atoms with E-state index in [-0.39, 0.29) is 0 Å². The summed E-state index contributed by atoms with van der Waals surface area (Å²) in [5.41, 5.74) is 1.23. The Bertz CT molecular complexity index is 530. The molecule has 0 saturated carbocycles. The molecule has 1 heterocycles. The first-order valence-electron chi connectivity index (χ1n) is 8.29. The normalized spacial score (nSPS) is 17.9. The van der Waals surface area contributed by atoms with Gasteiger partial charge in [0, 0.05) is 44.5 Å². The summed E-state index contributed by atoms with van der Waals surface area (Å²) in [5, 5.41) is 6.50. The predicted molar refractivity (Wildman–Crippen MR) is 97.5 cm³/mol. The van der Waals surface area contributed by atoms with E-state index < -0.39 is 0 Å². The van der Waals surface area contributed by atoms with Crippen LogP contribution in [0.15, 0.2) is 41.9 Å². The van der Waals surface area contributed by atoms with Crippen molar-refractivity contribution in [2.24, 2.45) is 10.9 Å². The predicted octanol–water partition coefficient (Wildman–Crippen LogP) is 2.26. The average molecular weight is 316 g/mol. The third-order valence-corrected chi connectivity index (χ3v) is 3.97. The second-order valence-electron chi connectivity index (χ2n) is 5.69. The number of anilines is 1. The molecule has 1 atom stereocenters. The molecule has 0 spiro atoms. The van der Waals surface area contributed by atoms with Crippen molar-refractivity contribution < 1.29 is 4.74 Å². The SMILES string of the molecule is C=CCNC(=NCC1CCN(c2cccc(OC)c2)C1)NCC. The van der Waals surface area contributed by atoms with Crippen LogP contribution in [-0.2, 0) is 0 Å². The summed E-state index contributed by atoms with van der Waals surface area (Å²) in [4.78, 5) is 7.10. The van der Waals surface area contributed by atoms with Crippen molar-refractivity contribution in [3.05, 3.63) is 36.9 Å². The quantitative estimate of drug-likeness (QED) is 0.460. The van der Waals surface area contributed by atoms with E-state index in [9.17, 15) is 0 Å². The molecule has 1 aliphatic heterocycles. The molecule has 5 nitrogen and oxygen atoms in total. The van der Waals surface area contributed by atoms with Crippen molar-refractivity contribution in [3.8, 4) is 5.75 Å². The number of ether oxygens (including phenoxy) is 1. The van der Waals surface area contributed by atoms with Crippen LogP contribution in [0, 0.1) is 5.92 Å². The summed E-state index contributed by atoms with van der Waals surface area (Å²) in [7, 11) is 1.71. The first-order chi connectivity index (χ1) is 11.3. The second kappa shape index (κ2) is 9.08. The molecule has 1 saturated heterocycles. The van der Waals surface area contributed by atoms with Crippen LogP contribution in [0.2, 0.25) is 0 Å². The molecule has 1 unspecified atom stereocenters. The van der Waals surface area contributed by atoms with E-state index in [4.69, 9.17) is 9.73 Å². The molecule has 1 aliphatic rings. The highest BCUT2D eigenvalue weighted by molar-refractivity contribution is 5.79. The highest BCUT2D eigenvalue weighted by atomic mass is 16.5. The van der Waals surface area contributed by atoms with Gasteiger partial charge >= 0.3 is 0 Å². The fourth-order valence-electron chi connectivity index (χ4n) is 2.75. The lowest BCUT2D eigenvalue weighted by Gasteiger charge is -2.19. The molecule has 0 amide bonds. The molecule has 1 aromatic rings. The average Bonchev–Trinajstić information content (AvgIpc) is 3.06. The van der Waals surface area contributed by atoms with Crippen LogP contribution < -0.4 is 20.3 Å². The largest absolute Gasteiger partial charge is 0.497 e. The molecule has 2 N–H and O–H groups in total. The fourth-order valence-corrected chi connectivity index (χ4v) is 2.75. The monoisotopic (exact) mass is 316 g/mol. The zero-order valence-corrected chi connectivity index (χ0v) is 14.2. The Morgan fingerprint density at radius 1 is 1.48 bits per heavy atom. The van der Waals surface area contributed by atoms with Crippen LogP contribution in [0.3, 0.4) is 0 Å². The molecule has 23 heavy (non-hydrogen) atoms. The van der Waals surface area contributed by atoms with Gasteiger partial charge < -0.3 is 20.3 Å². The Labute approximate surface area is 139 Å². The number of hydrogen-bond donors (Lipinski definition) is 2. The highest BCUT2D eigenvalue weighted by Crippen LogP contribution is 2.26. The van der Waals surface area contributed by atoms with Gasteiger partial charge in [0.1, 0.15) is 5.75 Å². The van der Waals surface area contributed by atoms with Crippen LogP contribution in [0.5, 0.6) is 5.75 Å². The van der Waals surface area contributed by atoms with E-state index in [1.165, 1.54) is 12.1 Å². The maximum absolute atomic E-state index is 5.31. The lowest BCUT2D eigenvalue weighted by Crippen LogP contribution is -2.37. The molecule has 126 valence electrons. The molecule has 0 bridgehead atoms. The molecular weight excluding hydrogens is 288 g/mol. The zero-order chi connectivity index (χ0) is 16.5. The van der Waals surface area contributed by atoms with Crippen LogP contribution in [-0.4, -0.2) is 45.8 Å². The molecule has 1 aromatic carbocycles. The standard InChI is InChI=1S/C18H28N4O/c1-4-10-20-18(19-5-2)21-13-15-9-11-22(14-15)16-7-6-8-17(12-16)23-3/h4,6-8,12,15H,1,5,9-11,13-14H2,2-3H3,(H2,19,20,21). The Kier molecular flexibility index (Phi) is 6.78. The highest BCUT2D eigenvalue weighted by Gasteiger charge is 2.22. The van der Waals surface area contributed by atoms with Crippen molar-refractivity contribution in [3.63, 3.8) is 0 Å². The number of guanidine groups is 1. The maximum atomic E-state index is 5.31. The topological polar surface area (TPSA) is 48.9 Å². The van der Waals surface area contributed by atoms with Gasteiger partial charge in [0.25, 0.3) is 0 Å². The zero-order valence-electron chi connectivity index (χ0n) is 14.2. The minimum atomic E-state index is 0.584. The Hall–Kier alpha value is -2.17. The number of methoxy groups -OCH3 is 1. The number of hydrogen-bond acceptors (Lipinski definition) is 3. The molecule has 2 rings (SSSR count). The summed E-state index contributed by atoms with van der Waals surface area (Å²) < 4.78 is 5.31. The van der Waals surface area contributed by atoms with Gasteiger partial charge in [-0.3, -0.25) is 4.99 Å². The summed E-state index contributed by atoms with van der Waals surface area (Å²) in [6.45, 7) is 10.3. The second-order valence-corrected chi connectivity index (χ2v) is 5.69. The molecule has 0 aromatic heterocycles. The van der Waals surface area contributed by atoms with Crippen LogP contribution in [0.25, 0.3) is 0 Å². The van der Waals surface area contributed by atoms with E-state index in [2.05, 4.69) is 41.2 Å². The van der Waals surface area contributed by atoms with Crippen molar-refractivity contribution in [1.29, 1.82) is 0 Å². The Morgan fingerprint density at radius 3 is 3.09 bits per heavy atom. The number of rotatable bonds is 7. The molecule has 1 fully saturated rings. The van der Waals surface area contributed by atoms with Crippen molar-refractivity contribution in [2.75, 3.05) is 44.7 Å². The third kappa shape index (κ3) is 5.20. The summed E-state index contributed by atoms with van der Waals surface area (Å²) in [6.07, 6.45) is 3.01. The minimum absolute atomic E-state index is 0.584. The van der Waals surface area contributed by atoms with Gasteiger partial charge in [-0.2, -0.15) is 0 Å². The molecule has 0 radical (unpaired) electrons. The van der Waals surface area contributed by atoms with Crippen molar-refractivity contribution >= 4 is 11.6 Å². The number of nitrogens with one attached hydrogen (secondary N) is 2. The van der Waals surface area contributed by atoms with Gasteiger partial charge in [-0.1, -0.05) is 12.1 Å². The number of aliphatic imine (C=N–C) groups is 1. The first-order valence-corrected chi connectivity index (χ1v) is 8.29. The lowest BCUT2D eigenvalue weighted by molar-refractivity contribution is 0.415. The lowest BCUT2D eigenvalue weighted by atomic mass is 10.1. The van der Waals surface area contributed by atoms with E-state index in [0.29, 0.717) is 5.92 Å². The Morgan fingerprint density at radius 2 is 2.35 bits per heavy atom. The van der Waals surface area contributed by atoms with Crippen molar-refractivity contribution in [2.45, 2.75) is 13.3 Å². The van der Waals surface area contributed by atoms with Gasteiger partial charge in [0.05, 0.1) is 7.11 Å². The smallest absolute Gasteiger partial charge is 0.191 e. The third-order valence-electron chi connectivity index (χ3n) is 3.97. The maximum Gasteiger partial charge on any atom is 0.191 e. The van der Waals surface area contributed by atoms with E-state index in [1.807, 2.05) is 18.2 Å². The number of nitrogens with zero attached hydrogens (tertiary/aromatic N) is 2. The van der Waals surface area contributed by atoms with Crippen molar-refractivity contribution in [1.82, 2.24) is 10.6 Å². The van der Waals surface area contributed by atoms with Crippen LogP contribution >= 0.6 is 0 Å². The molecule has 5 heteroatoms. The van der Waals surface area contributed by atoms with E-state index >= 15 is 0 Å². The fraction of sp³-hybridized carbons (Fsp3) is 0.500. The molecular formula is C18H28N4O. The van der Waals surface area contributed by atoms with E-state index in [1.54, 1.807) is 7.11 Å².